The first-order chi connectivity index (χ1) is 13.9. The molecule has 2 aromatic rings. The van der Waals surface area contributed by atoms with Gasteiger partial charge in [-0.05, 0) is 18.9 Å². The Morgan fingerprint density at radius 1 is 0.966 bits per heavy atom. The van der Waals surface area contributed by atoms with Gasteiger partial charge in [0.25, 0.3) is 0 Å². The second-order valence-electron chi connectivity index (χ2n) is 6.66. The van der Waals surface area contributed by atoms with Crippen molar-refractivity contribution in [3.63, 3.8) is 0 Å². The van der Waals surface area contributed by atoms with E-state index in [1.165, 1.54) is 6.92 Å². The summed E-state index contributed by atoms with van der Waals surface area (Å²) in [5, 5.41) is 11.7. The van der Waals surface area contributed by atoms with E-state index in [0.29, 0.717) is 12.0 Å². The van der Waals surface area contributed by atoms with Crippen molar-refractivity contribution in [1.82, 2.24) is 5.32 Å². The van der Waals surface area contributed by atoms with Gasteiger partial charge in [-0.2, -0.15) is 0 Å². The first-order valence-corrected chi connectivity index (χ1v) is 10.1. The number of aliphatic carboxylic acids is 1. The number of thioether (sulfide) groups is 1. The highest BCUT2D eigenvalue weighted by Crippen LogP contribution is 2.16. The van der Waals surface area contributed by atoms with E-state index in [0.717, 1.165) is 17.3 Å². The van der Waals surface area contributed by atoms with Gasteiger partial charge in [-0.25, -0.2) is 4.79 Å². The second-order valence-corrected chi connectivity index (χ2v) is 7.65. The molecular weight excluding hydrogens is 390 g/mol. The third-order valence-electron chi connectivity index (χ3n) is 4.23. The molecule has 1 unspecified atom stereocenters. The molecule has 0 saturated heterocycles. The average Bonchev–Trinajstić information content (AvgIpc) is 2.71. The Labute approximate surface area is 173 Å². The lowest BCUT2D eigenvalue weighted by Crippen LogP contribution is -2.46. The van der Waals surface area contributed by atoms with Gasteiger partial charge in [-0.3, -0.25) is 9.59 Å². The number of benzene rings is 2. The van der Waals surface area contributed by atoms with E-state index in [2.05, 4.69) is 5.32 Å². The fourth-order valence-corrected chi connectivity index (χ4v) is 3.63. The van der Waals surface area contributed by atoms with Crippen molar-refractivity contribution in [3.8, 4) is 0 Å². The number of nitrogens with one attached hydrogen (secondary N) is 1. The van der Waals surface area contributed by atoms with E-state index in [9.17, 15) is 24.3 Å². The van der Waals surface area contributed by atoms with E-state index in [1.807, 2.05) is 30.3 Å². The molecule has 0 radical (unpaired) electrons. The minimum atomic E-state index is -1.23. The lowest BCUT2D eigenvalue weighted by atomic mass is 9.93. The van der Waals surface area contributed by atoms with Crippen LogP contribution in [-0.2, 0) is 20.8 Å². The van der Waals surface area contributed by atoms with Crippen molar-refractivity contribution in [2.75, 3.05) is 5.75 Å². The quantitative estimate of drug-likeness (QED) is 0.621. The number of Topliss-reactive ketones (excluding diaryl/α,β-unsaturated/α-hetero) is 1. The van der Waals surface area contributed by atoms with Crippen LogP contribution in [0.4, 0.5) is 0 Å². The van der Waals surface area contributed by atoms with Gasteiger partial charge in [-0.1, -0.05) is 72.4 Å². The molecule has 0 heterocycles. The molecule has 6 nitrogen and oxygen atoms in total. The molecule has 2 aromatic carbocycles. The molecule has 0 saturated carbocycles. The minimum Gasteiger partial charge on any atom is -0.480 e. The molecule has 29 heavy (non-hydrogen) atoms. The number of hydrogen-bond donors (Lipinski definition) is 2. The van der Waals surface area contributed by atoms with Gasteiger partial charge in [0.2, 0.25) is 11.0 Å². The zero-order chi connectivity index (χ0) is 21.2. The fourth-order valence-electron chi connectivity index (χ4n) is 2.78. The van der Waals surface area contributed by atoms with E-state index in [1.54, 1.807) is 30.3 Å². The normalized spacial score (nSPS) is 12.6. The maximum Gasteiger partial charge on any atom is 0.327 e. The van der Waals surface area contributed by atoms with Crippen LogP contribution in [-0.4, -0.2) is 39.7 Å². The van der Waals surface area contributed by atoms with Gasteiger partial charge in [-0.15, -0.1) is 0 Å². The maximum atomic E-state index is 12.7. The monoisotopic (exact) mass is 413 g/mol. The van der Waals surface area contributed by atoms with Crippen LogP contribution in [0.5, 0.6) is 0 Å². The van der Waals surface area contributed by atoms with E-state index >= 15 is 0 Å². The molecule has 0 aromatic heterocycles. The van der Waals surface area contributed by atoms with Crippen LogP contribution in [0.1, 0.15) is 29.3 Å². The Bertz CT molecular complexity index is 854. The molecule has 152 valence electrons. The van der Waals surface area contributed by atoms with Crippen LogP contribution in [0.3, 0.4) is 0 Å². The van der Waals surface area contributed by atoms with E-state index in [4.69, 9.17) is 0 Å². The largest absolute Gasteiger partial charge is 0.480 e. The van der Waals surface area contributed by atoms with Crippen molar-refractivity contribution in [2.45, 2.75) is 25.8 Å². The zero-order valence-electron chi connectivity index (χ0n) is 16.0. The molecule has 2 atom stereocenters. The lowest BCUT2D eigenvalue weighted by molar-refractivity contribution is -0.141. The van der Waals surface area contributed by atoms with Gasteiger partial charge in [0.05, 0.1) is 0 Å². The first kappa shape index (κ1) is 22.4. The highest BCUT2D eigenvalue weighted by molar-refractivity contribution is 8.14. The summed E-state index contributed by atoms with van der Waals surface area (Å²) in [6.07, 6.45) is 0.345. The van der Waals surface area contributed by atoms with Crippen molar-refractivity contribution < 1.29 is 24.3 Å². The summed E-state index contributed by atoms with van der Waals surface area (Å²) in [4.78, 5) is 48.1. The highest BCUT2D eigenvalue weighted by atomic mass is 32.2. The van der Waals surface area contributed by atoms with E-state index < -0.39 is 23.8 Å². The standard InChI is InChI=1S/C22H23NO5S/c1-15(24)12-18(13-16-8-4-2-5-9-16)20(25)23-19(21(26)27)14-29-22(28)17-10-6-3-7-11-17/h2-11,18-19H,12-14H2,1H3,(H,23,25)(H,26,27)/t18-,19?/m0/s1. The molecule has 0 spiro atoms. The number of hydrogen-bond acceptors (Lipinski definition) is 5. The van der Waals surface area contributed by atoms with Gasteiger partial charge < -0.3 is 15.2 Å². The van der Waals surface area contributed by atoms with Crippen LogP contribution in [0.2, 0.25) is 0 Å². The van der Waals surface area contributed by atoms with Crippen molar-refractivity contribution in [2.24, 2.45) is 5.92 Å². The summed E-state index contributed by atoms with van der Waals surface area (Å²) in [6.45, 7) is 1.40. The lowest BCUT2D eigenvalue weighted by Gasteiger charge is -2.19. The van der Waals surface area contributed by atoms with Gasteiger partial charge in [0, 0.05) is 23.7 Å². The van der Waals surface area contributed by atoms with Crippen molar-refractivity contribution in [1.29, 1.82) is 0 Å². The number of ketones is 1. The fraction of sp³-hybridized carbons (Fsp3) is 0.273. The molecule has 0 aliphatic carbocycles. The molecule has 0 bridgehead atoms. The number of amides is 1. The molecule has 7 heteroatoms. The summed E-state index contributed by atoms with van der Waals surface area (Å²) in [5.41, 5.74) is 1.35. The Morgan fingerprint density at radius 3 is 2.10 bits per heavy atom. The van der Waals surface area contributed by atoms with Crippen LogP contribution >= 0.6 is 11.8 Å². The number of carboxylic acid groups (broad SMARTS) is 1. The summed E-state index contributed by atoms with van der Waals surface area (Å²) >= 11 is 0.836. The third-order valence-corrected chi connectivity index (χ3v) is 5.23. The van der Waals surface area contributed by atoms with Crippen LogP contribution in [0.15, 0.2) is 60.7 Å². The average molecular weight is 413 g/mol. The van der Waals surface area contributed by atoms with Crippen LogP contribution < -0.4 is 5.32 Å². The van der Waals surface area contributed by atoms with Crippen LogP contribution in [0.25, 0.3) is 0 Å². The smallest absolute Gasteiger partial charge is 0.327 e. The molecule has 2 N–H and O–H groups in total. The van der Waals surface area contributed by atoms with Crippen molar-refractivity contribution >= 4 is 34.5 Å². The Morgan fingerprint density at radius 2 is 1.55 bits per heavy atom. The third kappa shape index (κ3) is 7.54. The van der Waals surface area contributed by atoms with Crippen molar-refractivity contribution in [3.05, 3.63) is 71.8 Å². The molecular formula is C22H23NO5S. The minimum absolute atomic E-state index is 0.0170. The Balaban J connectivity index is 2.02. The predicted molar refractivity (Wildman–Crippen MR) is 112 cm³/mol. The SMILES string of the molecule is CC(=O)C[C@@H](Cc1ccccc1)C(=O)NC(CSC(=O)c1ccccc1)C(=O)O. The molecule has 2 rings (SSSR count). The Kier molecular flexibility index (Phi) is 8.61. The van der Waals surface area contributed by atoms with Crippen LogP contribution in [0, 0.1) is 5.92 Å². The molecule has 0 aliphatic heterocycles. The summed E-state index contributed by atoms with van der Waals surface area (Å²) in [7, 11) is 0. The zero-order valence-corrected chi connectivity index (χ0v) is 16.9. The maximum absolute atomic E-state index is 12.7. The van der Waals surface area contributed by atoms with E-state index in [-0.39, 0.29) is 23.1 Å². The summed E-state index contributed by atoms with van der Waals surface area (Å²) in [6, 6.07) is 16.5. The number of rotatable bonds is 10. The summed E-state index contributed by atoms with van der Waals surface area (Å²) < 4.78 is 0. The first-order valence-electron chi connectivity index (χ1n) is 9.15. The summed E-state index contributed by atoms with van der Waals surface area (Å²) in [5.74, 6) is -2.67. The van der Waals surface area contributed by atoms with Gasteiger partial charge in [0.15, 0.2) is 0 Å². The van der Waals surface area contributed by atoms with Gasteiger partial charge in [0.1, 0.15) is 11.8 Å². The van der Waals surface area contributed by atoms with Gasteiger partial charge >= 0.3 is 5.97 Å². The highest BCUT2D eigenvalue weighted by Gasteiger charge is 2.27. The Hall–Kier alpha value is -2.93. The number of carbonyl (C=O) groups excluding carboxylic acids is 3. The molecule has 1 amide bonds. The number of carboxylic acids is 1. The second kappa shape index (κ2) is 11.2. The number of carbonyl (C=O) groups is 4. The molecule has 0 fully saturated rings. The topological polar surface area (TPSA) is 101 Å². The predicted octanol–water partition coefficient (Wildman–Crippen LogP) is 2.97. The molecule has 0 aliphatic rings.